The van der Waals surface area contributed by atoms with E-state index in [9.17, 15) is 29.4 Å². The van der Waals surface area contributed by atoms with Gasteiger partial charge in [-0.15, -0.1) is 0 Å². The smallest absolute Gasteiger partial charge is 0.545 e. The Morgan fingerprint density at radius 2 is 1.12 bits per heavy atom. The Kier molecular flexibility index (Phi) is 9.88. The molecule has 2 aromatic carbocycles. The van der Waals surface area contributed by atoms with Crippen molar-refractivity contribution in [2.24, 2.45) is 0 Å². The van der Waals surface area contributed by atoms with Gasteiger partial charge in [0.25, 0.3) is 0 Å². The maximum atomic E-state index is 11.9. The van der Waals surface area contributed by atoms with Gasteiger partial charge in [0, 0.05) is 5.56 Å². The molecule has 2 aromatic rings. The zero-order valence-electron chi connectivity index (χ0n) is 13.5. The van der Waals surface area contributed by atoms with Crippen LogP contribution in [0.15, 0.2) is 48.5 Å². The Labute approximate surface area is 186 Å². The average Bonchev–Trinajstić information content (AvgIpc) is 2.54. The van der Waals surface area contributed by atoms with E-state index in [-0.39, 0.29) is 75.8 Å². The summed E-state index contributed by atoms with van der Waals surface area (Å²) in [6.45, 7) is 0. The van der Waals surface area contributed by atoms with Crippen molar-refractivity contribution in [3.8, 4) is 0 Å². The predicted molar refractivity (Wildman–Crippen MR) is 71.3 cm³/mol. The maximum absolute atomic E-state index is 11.9. The monoisotopic (exact) mass is 358 g/mol. The second-order valence-electron chi connectivity index (χ2n) is 4.37. The summed E-state index contributed by atoms with van der Waals surface area (Å²) in [6.07, 6.45) is 0. The average molecular weight is 358 g/mol. The number of hydrogen-bond donors (Lipinski definition) is 0. The van der Waals surface area contributed by atoms with Crippen molar-refractivity contribution in [3.63, 3.8) is 0 Å². The normalized spacial score (nSPS) is 9.12. The molecule has 0 N–H and O–H groups in total. The summed E-state index contributed by atoms with van der Waals surface area (Å²) in [5.74, 6) is -5.20. The molecule has 0 spiro atoms. The first-order valence-corrected chi connectivity index (χ1v) is 6.28. The molecule has 0 aliphatic heterocycles. The van der Waals surface area contributed by atoms with Crippen molar-refractivity contribution in [1.29, 1.82) is 0 Å². The molecule has 0 unspecified atom stereocenters. The minimum absolute atomic E-state index is 0. The summed E-state index contributed by atoms with van der Waals surface area (Å²) in [5.41, 5.74) is -0.950. The number of hydrogen-bond acceptors (Lipinski definition) is 7. The Bertz CT molecular complexity index is 800. The van der Waals surface area contributed by atoms with Gasteiger partial charge in [0.15, 0.2) is 0 Å². The molecule has 116 valence electrons. The molecule has 0 amide bonds. The van der Waals surface area contributed by atoms with Crippen LogP contribution in [-0.2, 0) is 4.74 Å². The third kappa shape index (κ3) is 6.07. The van der Waals surface area contributed by atoms with Crippen molar-refractivity contribution < 1.29 is 93.2 Å². The van der Waals surface area contributed by atoms with Crippen LogP contribution in [-0.4, -0.2) is 23.9 Å². The zero-order chi connectivity index (χ0) is 17.0. The quantitative estimate of drug-likeness (QED) is 0.302. The molecule has 0 aliphatic carbocycles. The molecule has 0 heterocycles. The van der Waals surface area contributed by atoms with Crippen molar-refractivity contribution in [1.82, 2.24) is 0 Å². The first-order chi connectivity index (χ1) is 10.9. The Morgan fingerprint density at radius 3 is 1.60 bits per heavy atom. The predicted octanol–water partition coefficient (Wildman–Crippen LogP) is -6.58. The molecule has 0 fully saturated rings. The van der Waals surface area contributed by atoms with Crippen LogP contribution in [0.2, 0.25) is 0 Å². The standard InChI is InChI=1S/C16H10O7.2Na/c17-13(18)9-5-7-10(8-6-9)15(21)23-16(22)12-4-2-1-3-11(12)14(19)20;;/h1-8H,(H,17,18)(H,19,20);;/q;2*+1/p-2. The largest absolute Gasteiger partial charge is 1.00 e. The summed E-state index contributed by atoms with van der Waals surface area (Å²) in [7, 11) is 0. The fourth-order valence-electron chi connectivity index (χ4n) is 1.78. The molecule has 0 bridgehead atoms. The van der Waals surface area contributed by atoms with Crippen LogP contribution in [0, 0.1) is 0 Å². The molecule has 0 saturated carbocycles. The van der Waals surface area contributed by atoms with E-state index in [1.807, 2.05) is 0 Å². The third-order valence-corrected chi connectivity index (χ3v) is 2.91. The minimum Gasteiger partial charge on any atom is -0.545 e. The maximum Gasteiger partial charge on any atom is 1.00 e. The fraction of sp³-hybridized carbons (Fsp3) is 0. The van der Waals surface area contributed by atoms with Crippen LogP contribution in [0.5, 0.6) is 0 Å². The van der Waals surface area contributed by atoms with Gasteiger partial charge in [-0.1, -0.05) is 30.3 Å². The molecule has 0 aliphatic rings. The van der Waals surface area contributed by atoms with E-state index in [0.717, 1.165) is 30.3 Å². The van der Waals surface area contributed by atoms with Gasteiger partial charge in [0.2, 0.25) is 0 Å². The molecule has 0 saturated heterocycles. The summed E-state index contributed by atoms with van der Waals surface area (Å²) < 4.78 is 4.58. The summed E-state index contributed by atoms with van der Waals surface area (Å²) in [6, 6.07) is 9.64. The Morgan fingerprint density at radius 1 is 0.640 bits per heavy atom. The van der Waals surface area contributed by atoms with Crippen LogP contribution in [0.3, 0.4) is 0 Å². The van der Waals surface area contributed by atoms with Crippen LogP contribution >= 0.6 is 0 Å². The van der Waals surface area contributed by atoms with Crippen molar-refractivity contribution >= 4 is 23.9 Å². The first kappa shape index (κ1) is 23.5. The second-order valence-corrected chi connectivity index (χ2v) is 4.37. The SMILES string of the molecule is O=C([O-])c1ccc(C(=O)OC(=O)c2ccccc2C(=O)[O-])cc1.[Na+].[Na+]. The molecular formula is C16H8Na2O7. The number of esters is 2. The van der Waals surface area contributed by atoms with Gasteiger partial charge in [0.05, 0.1) is 23.1 Å². The molecule has 0 atom stereocenters. The number of carboxylic acids is 2. The van der Waals surface area contributed by atoms with E-state index in [1.165, 1.54) is 18.2 Å². The number of carbonyl (C=O) groups is 4. The van der Waals surface area contributed by atoms with Gasteiger partial charge in [-0.05, 0) is 23.8 Å². The van der Waals surface area contributed by atoms with Gasteiger partial charge in [0.1, 0.15) is 0 Å². The number of carbonyl (C=O) groups excluding carboxylic acids is 4. The second kappa shape index (κ2) is 10.5. The van der Waals surface area contributed by atoms with Crippen LogP contribution in [0.1, 0.15) is 41.4 Å². The molecule has 25 heavy (non-hydrogen) atoms. The van der Waals surface area contributed by atoms with Gasteiger partial charge >= 0.3 is 71.1 Å². The summed E-state index contributed by atoms with van der Waals surface area (Å²) >= 11 is 0. The summed E-state index contributed by atoms with van der Waals surface area (Å²) in [5, 5.41) is 21.5. The Balaban J connectivity index is 0.00000288. The van der Waals surface area contributed by atoms with Crippen LogP contribution in [0.4, 0.5) is 0 Å². The van der Waals surface area contributed by atoms with Gasteiger partial charge in [-0.2, -0.15) is 0 Å². The van der Waals surface area contributed by atoms with Crippen LogP contribution in [0.25, 0.3) is 0 Å². The van der Waals surface area contributed by atoms with E-state index in [1.54, 1.807) is 0 Å². The first-order valence-electron chi connectivity index (χ1n) is 6.28. The van der Waals surface area contributed by atoms with Gasteiger partial charge < -0.3 is 24.5 Å². The number of benzene rings is 2. The molecule has 0 radical (unpaired) electrons. The summed E-state index contributed by atoms with van der Waals surface area (Å²) in [4.78, 5) is 45.2. The minimum atomic E-state index is -1.58. The number of aromatic carboxylic acids is 2. The van der Waals surface area contributed by atoms with E-state index in [4.69, 9.17) is 0 Å². The molecule has 0 aromatic heterocycles. The number of rotatable bonds is 4. The fourth-order valence-corrected chi connectivity index (χ4v) is 1.78. The van der Waals surface area contributed by atoms with E-state index < -0.39 is 29.4 Å². The topological polar surface area (TPSA) is 124 Å². The van der Waals surface area contributed by atoms with Crippen molar-refractivity contribution in [2.75, 3.05) is 0 Å². The zero-order valence-corrected chi connectivity index (χ0v) is 17.5. The number of ether oxygens (including phenoxy) is 1. The van der Waals surface area contributed by atoms with Crippen molar-refractivity contribution in [2.45, 2.75) is 0 Å². The third-order valence-electron chi connectivity index (χ3n) is 2.91. The van der Waals surface area contributed by atoms with Crippen LogP contribution < -0.4 is 69.3 Å². The molecule has 2 rings (SSSR count). The Hall–Kier alpha value is -1.48. The molecule has 7 nitrogen and oxygen atoms in total. The molecular weight excluding hydrogens is 350 g/mol. The van der Waals surface area contributed by atoms with Gasteiger partial charge in [-0.3, -0.25) is 0 Å². The molecule has 9 heteroatoms. The van der Waals surface area contributed by atoms with E-state index in [2.05, 4.69) is 4.74 Å². The van der Waals surface area contributed by atoms with E-state index in [0.29, 0.717) is 0 Å². The van der Waals surface area contributed by atoms with E-state index >= 15 is 0 Å². The van der Waals surface area contributed by atoms with Gasteiger partial charge in [-0.25, -0.2) is 9.59 Å². The number of carboxylic acid groups (broad SMARTS) is 2. The van der Waals surface area contributed by atoms with Crippen molar-refractivity contribution in [3.05, 3.63) is 70.8 Å².